The maximum Gasteiger partial charge on any atom is 0.243 e. The molecule has 0 unspecified atom stereocenters. The number of para-hydroxylation sites is 2. The van der Waals surface area contributed by atoms with Gasteiger partial charge in [-0.3, -0.25) is 4.79 Å². The van der Waals surface area contributed by atoms with Crippen molar-refractivity contribution in [1.29, 1.82) is 0 Å². The zero-order chi connectivity index (χ0) is 15.4. The van der Waals surface area contributed by atoms with Gasteiger partial charge in [-0.05, 0) is 36.4 Å². The predicted octanol–water partition coefficient (Wildman–Crippen LogP) is 2.53. The second-order valence-corrected chi connectivity index (χ2v) is 5.01. The van der Waals surface area contributed by atoms with E-state index in [2.05, 4.69) is 5.32 Å². The Bertz CT molecular complexity index is 655. The van der Waals surface area contributed by atoms with Gasteiger partial charge < -0.3 is 19.7 Å². The van der Waals surface area contributed by atoms with Crippen LogP contribution >= 0.6 is 0 Å². The van der Waals surface area contributed by atoms with Gasteiger partial charge in [0.05, 0.1) is 25.9 Å². The number of anilines is 2. The molecule has 1 aliphatic heterocycles. The molecule has 3 rings (SSSR count). The molecule has 1 aliphatic rings. The van der Waals surface area contributed by atoms with E-state index in [0.717, 1.165) is 22.9 Å². The van der Waals surface area contributed by atoms with Crippen molar-refractivity contribution in [3.8, 4) is 11.5 Å². The Hall–Kier alpha value is -2.69. The van der Waals surface area contributed by atoms with E-state index in [1.807, 2.05) is 53.4 Å². The lowest BCUT2D eigenvalue weighted by Gasteiger charge is -2.30. The first-order chi connectivity index (χ1) is 10.8. The van der Waals surface area contributed by atoms with Crippen molar-refractivity contribution in [3.63, 3.8) is 0 Å². The van der Waals surface area contributed by atoms with Gasteiger partial charge in [0.2, 0.25) is 5.91 Å². The number of nitrogens with zero attached hydrogens (tertiary/aromatic N) is 1. The minimum atomic E-state index is -0.0538. The quantitative estimate of drug-likeness (QED) is 0.942. The second-order valence-electron chi connectivity index (χ2n) is 5.01. The van der Waals surface area contributed by atoms with Crippen LogP contribution in [-0.2, 0) is 4.79 Å². The molecule has 0 aliphatic carbocycles. The largest absolute Gasteiger partial charge is 0.497 e. The highest BCUT2D eigenvalue weighted by Gasteiger charge is 2.19. The van der Waals surface area contributed by atoms with Crippen LogP contribution in [0.1, 0.15) is 0 Å². The number of hydrogen-bond acceptors (Lipinski definition) is 4. The summed E-state index contributed by atoms with van der Waals surface area (Å²) in [6.45, 7) is 1.59. The molecule has 0 bridgehead atoms. The minimum Gasteiger partial charge on any atom is -0.497 e. The van der Waals surface area contributed by atoms with Gasteiger partial charge >= 0.3 is 0 Å². The fourth-order valence-corrected chi connectivity index (χ4v) is 2.44. The number of benzene rings is 2. The summed E-state index contributed by atoms with van der Waals surface area (Å²) in [5, 5.41) is 2.89. The van der Waals surface area contributed by atoms with Gasteiger partial charge in [0.25, 0.3) is 0 Å². The van der Waals surface area contributed by atoms with Crippen LogP contribution in [0, 0.1) is 0 Å². The monoisotopic (exact) mass is 298 g/mol. The van der Waals surface area contributed by atoms with Crippen LogP contribution in [0.5, 0.6) is 11.5 Å². The van der Waals surface area contributed by atoms with E-state index in [4.69, 9.17) is 9.47 Å². The Morgan fingerprint density at radius 1 is 1.23 bits per heavy atom. The molecule has 0 aromatic heterocycles. The third-order valence-electron chi connectivity index (χ3n) is 3.53. The van der Waals surface area contributed by atoms with Crippen molar-refractivity contribution in [2.45, 2.75) is 0 Å². The lowest BCUT2D eigenvalue weighted by atomic mass is 10.2. The number of ether oxygens (including phenoxy) is 2. The van der Waals surface area contributed by atoms with E-state index < -0.39 is 0 Å². The molecule has 22 heavy (non-hydrogen) atoms. The molecule has 0 radical (unpaired) electrons. The van der Waals surface area contributed by atoms with E-state index in [0.29, 0.717) is 19.7 Å². The Balaban J connectivity index is 1.65. The highest BCUT2D eigenvalue weighted by molar-refractivity contribution is 5.94. The number of nitrogens with one attached hydrogen (secondary N) is 1. The Labute approximate surface area is 129 Å². The second kappa shape index (κ2) is 6.39. The van der Waals surface area contributed by atoms with Crippen molar-refractivity contribution in [2.24, 2.45) is 0 Å². The smallest absolute Gasteiger partial charge is 0.243 e. The number of fused-ring (bicyclic) bond motifs is 1. The molecule has 5 heteroatoms. The molecule has 1 amide bonds. The predicted molar refractivity (Wildman–Crippen MR) is 85.8 cm³/mol. The van der Waals surface area contributed by atoms with Crippen LogP contribution in [0.3, 0.4) is 0 Å². The lowest BCUT2D eigenvalue weighted by Crippen LogP contribution is -2.38. The SMILES string of the molecule is COc1ccc(NC(=O)CN2CCOc3ccccc32)cc1. The number of methoxy groups -OCH3 is 1. The minimum absolute atomic E-state index is 0.0538. The molecule has 0 saturated carbocycles. The van der Waals surface area contributed by atoms with Crippen LogP contribution in [0.4, 0.5) is 11.4 Å². The van der Waals surface area contributed by atoms with Crippen LogP contribution in [0.15, 0.2) is 48.5 Å². The third-order valence-corrected chi connectivity index (χ3v) is 3.53. The maximum absolute atomic E-state index is 12.2. The number of rotatable bonds is 4. The Morgan fingerprint density at radius 2 is 2.00 bits per heavy atom. The molecule has 0 saturated heterocycles. The molecule has 2 aromatic rings. The maximum atomic E-state index is 12.2. The van der Waals surface area contributed by atoms with Gasteiger partial charge in [0.1, 0.15) is 18.1 Å². The summed E-state index contributed by atoms with van der Waals surface area (Å²) in [7, 11) is 1.61. The molecule has 1 heterocycles. The molecular formula is C17H18N2O3. The molecule has 2 aromatic carbocycles. The van der Waals surface area contributed by atoms with E-state index in [1.54, 1.807) is 7.11 Å². The van der Waals surface area contributed by atoms with Crippen molar-refractivity contribution >= 4 is 17.3 Å². The van der Waals surface area contributed by atoms with E-state index in [-0.39, 0.29) is 5.91 Å². The first-order valence-corrected chi connectivity index (χ1v) is 7.17. The number of amides is 1. The number of hydrogen-bond donors (Lipinski definition) is 1. The van der Waals surface area contributed by atoms with Gasteiger partial charge in [0.15, 0.2) is 0 Å². The first kappa shape index (κ1) is 14.3. The molecule has 0 fully saturated rings. The van der Waals surface area contributed by atoms with Crippen molar-refractivity contribution in [3.05, 3.63) is 48.5 Å². The van der Waals surface area contributed by atoms with Crippen molar-refractivity contribution < 1.29 is 14.3 Å². The third kappa shape index (κ3) is 3.14. The average Bonchev–Trinajstić information content (AvgIpc) is 2.56. The highest BCUT2D eigenvalue weighted by Crippen LogP contribution is 2.30. The molecule has 1 N–H and O–H groups in total. The Kier molecular flexibility index (Phi) is 4.14. The summed E-state index contributed by atoms with van der Waals surface area (Å²) in [6.07, 6.45) is 0. The summed E-state index contributed by atoms with van der Waals surface area (Å²) in [5.74, 6) is 1.54. The highest BCUT2D eigenvalue weighted by atomic mass is 16.5. The fraction of sp³-hybridized carbons (Fsp3) is 0.235. The molecule has 0 atom stereocenters. The molecular weight excluding hydrogens is 280 g/mol. The van der Waals surface area contributed by atoms with Gasteiger partial charge in [-0.15, -0.1) is 0 Å². The number of carbonyl (C=O) groups is 1. The summed E-state index contributed by atoms with van der Waals surface area (Å²) in [5.41, 5.74) is 1.71. The average molecular weight is 298 g/mol. The summed E-state index contributed by atoms with van der Waals surface area (Å²) in [6, 6.07) is 15.0. The van der Waals surface area contributed by atoms with E-state index in [9.17, 15) is 4.79 Å². The van der Waals surface area contributed by atoms with Crippen LogP contribution < -0.4 is 19.7 Å². The van der Waals surface area contributed by atoms with Crippen LogP contribution in [-0.4, -0.2) is 32.7 Å². The van der Waals surface area contributed by atoms with Crippen molar-refractivity contribution in [1.82, 2.24) is 0 Å². The van der Waals surface area contributed by atoms with Gasteiger partial charge in [0, 0.05) is 5.69 Å². The van der Waals surface area contributed by atoms with Gasteiger partial charge in [-0.1, -0.05) is 12.1 Å². The number of carbonyl (C=O) groups excluding carboxylic acids is 1. The summed E-state index contributed by atoms with van der Waals surface area (Å²) in [4.78, 5) is 14.2. The standard InChI is InChI=1S/C17H18N2O3/c1-21-14-8-6-13(7-9-14)18-17(20)12-19-10-11-22-16-5-3-2-4-15(16)19/h2-9H,10-12H2,1H3,(H,18,20). The summed E-state index contributed by atoms with van der Waals surface area (Å²) >= 11 is 0. The van der Waals surface area contributed by atoms with Crippen molar-refractivity contribution in [2.75, 3.05) is 37.0 Å². The summed E-state index contributed by atoms with van der Waals surface area (Å²) < 4.78 is 10.7. The zero-order valence-corrected chi connectivity index (χ0v) is 12.4. The van der Waals surface area contributed by atoms with Crippen LogP contribution in [0.25, 0.3) is 0 Å². The topological polar surface area (TPSA) is 50.8 Å². The normalized spacial score (nSPS) is 13.0. The van der Waals surface area contributed by atoms with E-state index in [1.165, 1.54) is 0 Å². The van der Waals surface area contributed by atoms with E-state index >= 15 is 0 Å². The van der Waals surface area contributed by atoms with Crippen LogP contribution in [0.2, 0.25) is 0 Å². The lowest BCUT2D eigenvalue weighted by molar-refractivity contribution is -0.115. The van der Waals surface area contributed by atoms with Gasteiger partial charge in [-0.25, -0.2) is 0 Å². The van der Waals surface area contributed by atoms with Gasteiger partial charge in [-0.2, -0.15) is 0 Å². The first-order valence-electron chi connectivity index (χ1n) is 7.17. The zero-order valence-electron chi connectivity index (χ0n) is 12.4. The molecule has 0 spiro atoms. The molecule has 114 valence electrons. The fourth-order valence-electron chi connectivity index (χ4n) is 2.44. The Morgan fingerprint density at radius 3 is 2.77 bits per heavy atom. The molecule has 5 nitrogen and oxygen atoms in total.